The topological polar surface area (TPSA) is 0 Å². The molecule has 0 nitrogen and oxygen atoms in total. The summed E-state index contributed by atoms with van der Waals surface area (Å²) < 4.78 is 0.631. The smallest absolute Gasteiger partial charge is 0.0754 e. The van der Waals surface area contributed by atoms with E-state index in [9.17, 15) is 0 Å². The van der Waals surface area contributed by atoms with Gasteiger partial charge in [-0.1, -0.05) is 98.0 Å². The van der Waals surface area contributed by atoms with Crippen LogP contribution in [-0.4, -0.2) is 4.20 Å². The average Bonchev–Trinajstić information content (AvgIpc) is 2.62. The van der Waals surface area contributed by atoms with Gasteiger partial charge >= 0.3 is 0 Å². The zero-order valence-electron chi connectivity index (χ0n) is 12.9. The first-order chi connectivity index (χ1) is 11.2. The number of thiol groups is 1. The molecule has 2 heteroatoms. The molecular formula is C21H18S2. The zero-order valence-corrected chi connectivity index (χ0v) is 14.6. The van der Waals surface area contributed by atoms with Crippen molar-refractivity contribution in [2.45, 2.75) is 12.8 Å². The predicted molar refractivity (Wildman–Crippen MR) is 107 cm³/mol. The second-order valence-electron chi connectivity index (χ2n) is 5.57. The van der Waals surface area contributed by atoms with Crippen molar-refractivity contribution in [3.63, 3.8) is 0 Å². The zero-order chi connectivity index (χ0) is 16.2. The summed E-state index contributed by atoms with van der Waals surface area (Å²) in [5.41, 5.74) is 5.96. The average molecular weight is 335 g/mol. The minimum absolute atomic E-state index is 0.286. The van der Waals surface area contributed by atoms with E-state index in [1.165, 1.54) is 22.3 Å². The molecule has 0 heterocycles. The van der Waals surface area contributed by atoms with Gasteiger partial charge in [-0.05, 0) is 22.3 Å². The summed E-state index contributed by atoms with van der Waals surface area (Å²) in [4.78, 5) is 0. The van der Waals surface area contributed by atoms with Gasteiger partial charge in [0.25, 0.3) is 0 Å². The lowest BCUT2D eigenvalue weighted by Crippen LogP contribution is -2.03. The highest BCUT2D eigenvalue weighted by molar-refractivity contribution is 8.11. The van der Waals surface area contributed by atoms with Crippen molar-refractivity contribution in [3.8, 4) is 11.1 Å². The van der Waals surface area contributed by atoms with E-state index in [0.29, 0.717) is 4.20 Å². The molecule has 0 N–H and O–H groups in total. The molecule has 0 aliphatic heterocycles. The lowest BCUT2D eigenvalue weighted by molar-refractivity contribution is 0.924. The van der Waals surface area contributed by atoms with Crippen LogP contribution >= 0.6 is 24.8 Å². The highest BCUT2D eigenvalue weighted by atomic mass is 32.1. The Morgan fingerprint density at radius 1 is 0.826 bits per heavy atom. The Kier molecular flexibility index (Phi) is 4.94. The third kappa shape index (κ3) is 3.39. The second-order valence-corrected chi connectivity index (χ2v) is 6.73. The molecule has 0 amide bonds. The Hall–Kier alpha value is -1.90. The van der Waals surface area contributed by atoms with E-state index in [1.54, 1.807) is 0 Å². The molecule has 114 valence electrons. The SMILES string of the molecule is CC(c1ccccc1)c1cccc(C(=S)S)c1-c1ccccc1. The molecule has 0 saturated carbocycles. The van der Waals surface area contributed by atoms with E-state index in [1.807, 2.05) is 12.1 Å². The van der Waals surface area contributed by atoms with Crippen molar-refractivity contribution < 1.29 is 0 Å². The first-order valence-electron chi connectivity index (χ1n) is 7.65. The molecule has 1 unspecified atom stereocenters. The van der Waals surface area contributed by atoms with Gasteiger partial charge in [0.05, 0.1) is 4.20 Å². The van der Waals surface area contributed by atoms with E-state index in [-0.39, 0.29) is 5.92 Å². The number of rotatable bonds is 4. The van der Waals surface area contributed by atoms with E-state index >= 15 is 0 Å². The Bertz CT molecular complexity index is 808. The van der Waals surface area contributed by atoms with Gasteiger partial charge in [-0.25, -0.2) is 0 Å². The fraction of sp³-hybridized carbons (Fsp3) is 0.0952. The van der Waals surface area contributed by atoms with Crippen LogP contribution in [0.5, 0.6) is 0 Å². The van der Waals surface area contributed by atoms with Gasteiger partial charge in [0.15, 0.2) is 0 Å². The highest BCUT2D eigenvalue weighted by Crippen LogP contribution is 2.36. The minimum Gasteiger partial charge on any atom is -0.131 e. The Balaban J connectivity index is 2.21. The molecule has 3 aromatic carbocycles. The van der Waals surface area contributed by atoms with Crippen LogP contribution in [0.4, 0.5) is 0 Å². The molecule has 3 aromatic rings. The largest absolute Gasteiger partial charge is 0.131 e. The minimum atomic E-state index is 0.286. The molecule has 0 aromatic heterocycles. The molecular weight excluding hydrogens is 316 g/mol. The van der Waals surface area contributed by atoms with Crippen molar-refractivity contribution >= 4 is 29.0 Å². The Morgan fingerprint density at radius 3 is 2.04 bits per heavy atom. The second kappa shape index (κ2) is 7.12. The Morgan fingerprint density at radius 2 is 1.43 bits per heavy atom. The first-order valence-corrected chi connectivity index (χ1v) is 8.50. The van der Waals surface area contributed by atoms with Gasteiger partial charge in [-0.15, -0.1) is 12.6 Å². The van der Waals surface area contributed by atoms with E-state index in [2.05, 4.69) is 86.3 Å². The van der Waals surface area contributed by atoms with E-state index < -0.39 is 0 Å². The van der Waals surface area contributed by atoms with Crippen molar-refractivity contribution in [3.05, 3.63) is 95.6 Å². The van der Waals surface area contributed by atoms with Crippen LogP contribution in [0.25, 0.3) is 11.1 Å². The van der Waals surface area contributed by atoms with Crippen molar-refractivity contribution in [1.29, 1.82) is 0 Å². The van der Waals surface area contributed by atoms with Crippen LogP contribution in [0, 0.1) is 0 Å². The van der Waals surface area contributed by atoms with Crippen LogP contribution in [0.15, 0.2) is 78.9 Å². The quantitative estimate of drug-likeness (QED) is 0.443. The summed E-state index contributed by atoms with van der Waals surface area (Å²) in [5, 5.41) is 0. The van der Waals surface area contributed by atoms with Gasteiger partial charge < -0.3 is 0 Å². The van der Waals surface area contributed by atoms with Gasteiger partial charge in [-0.3, -0.25) is 0 Å². The maximum Gasteiger partial charge on any atom is 0.0754 e. The van der Waals surface area contributed by atoms with Gasteiger partial charge in [0.1, 0.15) is 0 Å². The number of thiocarbonyl (C=S) groups is 1. The van der Waals surface area contributed by atoms with Crippen molar-refractivity contribution in [2.24, 2.45) is 0 Å². The third-order valence-electron chi connectivity index (χ3n) is 4.16. The number of benzene rings is 3. The molecule has 0 aliphatic rings. The van der Waals surface area contributed by atoms with Gasteiger partial charge in [0.2, 0.25) is 0 Å². The summed E-state index contributed by atoms with van der Waals surface area (Å²) in [6, 6.07) is 27.3. The molecule has 1 atom stereocenters. The van der Waals surface area contributed by atoms with Crippen LogP contribution < -0.4 is 0 Å². The summed E-state index contributed by atoms with van der Waals surface area (Å²) in [7, 11) is 0. The van der Waals surface area contributed by atoms with E-state index in [0.717, 1.165) is 5.56 Å². The molecule has 0 aliphatic carbocycles. The van der Waals surface area contributed by atoms with Crippen molar-refractivity contribution in [2.75, 3.05) is 0 Å². The normalized spacial score (nSPS) is 11.9. The predicted octanol–water partition coefficient (Wildman–Crippen LogP) is 6.11. The van der Waals surface area contributed by atoms with Crippen LogP contribution in [0.1, 0.15) is 29.5 Å². The summed E-state index contributed by atoms with van der Waals surface area (Å²) >= 11 is 9.82. The lowest BCUT2D eigenvalue weighted by atomic mass is 9.85. The highest BCUT2D eigenvalue weighted by Gasteiger charge is 2.17. The van der Waals surface area contributed by atoms with Crippen molar-refractivity contribution in [1.82, 2.24) is 0 Å². The summed E-state index contributed by atoms with van der Waals surface area (Å²) in [5.74, 6) is 0.286. The molecule has 0 radical (unpaired) electrons. The molecule has 0 saturated heterocycles. The molecule has 23 heavy (non-hydrogen) atoms. The molecule has 0 fully saturated rings. The van der Waals surface area contributed by atoms with E-state index in [4.69, 9.17) is 12.2 Å². The summed E-state index contributed by atoms with van der Waals surface area (Å²) in [6.07, 6.45) is 0. The molecule has 0 spiro atoms. The van der Waals surface area contributed by atoms with Crippen LogP contribution in [0.3, 0.4) is 0 Å². The lowest BCUT2D eigenvalue weighted by Gasteiger charge is -2.20. The monoisotopic (exact) mass is 334 g/mol. The van der Waals surface area contributed by atoms with Gasteiger partial charge in [-0.2, -0.15) is 0 Å². The number of hydrogen-bond acceptors (Lipinski definition) is 1. The van der Waals surface area contributed by atoms with Crippen LogP contribution in [0.2, 0.25) is 0 Å². The van der Waals surface area contributed by atoms with Gasteiger partial charge in [0, 0.05) is 11.5 Å². The standard InChI is InChI=1S/C21H18S2/c1-15(16-9-4-2-5-10-16)18-13-8-14-19(21(22)23)20(18)17-11-6-3-7-12-17/h2-15H,1H3,(H,22,23). The maximum atomic E-state index is 5.38. The van der Waals surface area contributed by atoms with Crippen LogP contribution in [-0.2, 0) is 0 Å². The maximum absolute atomic E-state index is 5.38. The number of hydrogen-bond donors (Lipinski definition) is 1. The fourth-order valence-electron chi connectivity index (χ4n) is 2.96. The summed E-state index contributed by atoms with van der Waals surface area (Å²) in [6.45, 7) is 2.24. The Labute approximate surface area is 148 Å². The fourth-order valence-corrected chi connectivity index (χ4v) is 3.31. The molecule has 0 bridgehead atoms. The molecule has 3 rings (SSSR count). The third-order valence-corrected chi connectivity index (χ3v) is 4.62. The first kappa shape index (κ1) is 16.0.